The summed E-state index contributed by atoms with van der Waals surface area (Å²) in [6.07, 6.45) is 2.39. The van der Waals surface area contributed by atoms with Crippen molar-refractivity contribution in [1.82, 2.24) is 15.5 Å². The van der Waals surface area contributed by atoms with E-state index in [0.717, 1.165) is 25.6 Å². The summed E-state index contributed by atoms with van der Waals surface area (Å²) < 4.78 is 0. The monoisotopic (exact) mass is 241 g/mol. The first-order chi connectivity index (χ1) is 7.90. The molecule has 0 aromatic heterocycles. The smallest absolute Gasteiger partial charge is 0.233 e. The number of hydrogen-bond acceptors (Lipinski definition) is 3. The van der Waals surface area contributed by atoms with Crippen LogP contribution in [-0.2, 0) is 4.79 Å². The van der Waals surface area contributed by atoms with Gasteiger partial charge in [0.2, 0.25) is 5.91 Å². The van der Waals surface area contributed by atoms with Gasteiger partial charge in [0.1, 0.15) is 0 Å². The van der Waals surface area contributed by atoms with Crippen molar-refractivity contribution >= 4 is 5.91 Å². The van der Waals surface area contributed by atoms with Crippen LogP contribution < -0.4 is 10.6 Å². The van der Waals surface area contributed by atoms with Crippen LogP contribution >= 0.6 is 0 Å². The van der Waals surface area contributed by atoms with E-state index in [9.17, 15) is 4.79 Å². The van der Waals surface area contributed by atoms with E-state index in [1.165, 1.54) is 12.8 Å². The molecule has 1 rings (SSSR count). The van der Waals surface area contributed by atoms with E-state index in [1.54, 1.807) is 7.05 Å². The lowest BCUT2D eigenvalue weighted by Crippen LogP contribution is -2.44. The quantitative estimate of drug-likeness (QED) is 0.766. The van der Waals surface area contributed by atoms with Crippen LogP contribution in [0.5, 0.6) is 0 Å². The highest BCUT2D eigenvalue weighted by Crippen LogP contribution is 2.16. The summed E-state index contributed by atoms with van der Waals surface area (Å²) in [7, 11) is 1.70. The topological polar surface area (TPSA) is 44.4 Å². The maximum Gasteiger partial charge on any atom is 0.233 e. The van der Waals surface area contributed by atoms with Gasteiger partial charge >= 0.3 is 0 Å². The second kappa shape index (κ2) is 6.36. The summed E-state index contributed by atoms with van der Waals surface area (Å²) in [6, 6.07) is 0. The van der Waals surface area contributed by atoms with Gasteiger partial charge in [0.25, 0.3) is 0 Å². The average molecular weight is 241 g/mol. The van der Waals surface area contributed by atoms with Crippen molar-refractivity contribution in [2.75, 3.05) is 33.2 Å². The molecule has 1 saturated heterocycles. The molecule has 2 N–H and O–H groups in total. The number of carbonyl (C=O) groups excluding carboxylic acids is 1. The van der Waals surface area contributed by atoms with Crippen molar-refractivity contribution in [3.63, 3.8) is 0 Å². The molecule has 1 aliphatic rings. The Morgan fingerprint density at radius 1 is 1.29 bits per heavy atom. The number of carbonyl (C=O) groups is 1. The molecular formula is C13H27N3O. The van der Waals surface area contributed by atoms with Crippen LogP contribution in [0.15, 0.2) is 0 Å². The number of piperidine rings is 1. The maximum absolute atomic E-state index is 11.3. The largest absolute Gasteiger partial charge is 0.358 e. The van der Waals surface area contributed by atoms with Gasteiger partial charge in [0, 0.05) is 12.6 Å². The third-order valence-electron chi connectivity index (χ3n) is 3.27. The summed E-state index contributed by atoms with van der Waals surface area (Å²) in [5.74, 6) is 0.881. The lowest BCUT2D eigenvalue weighted by molar-refractivity contribution is -0.122. The number of hydrogen-bond donors (Lipinski definition) is 2. The fourth-order valence-electron chi connectivity index (χ4n) is 2.08. The standard InChI is InChI=1S/C13H27N3O/c1-13(2,3)15-9-11-5-7-16(8-6-11)10-12(17)14-4/h11,15H,5-10H2,1-4H3,(H,14,17). The lowest BCUT2D eigenvalue weighted by atomic mass is 9.95. The second-order valence-electron chi connectivity index (χ2n) is 6.02. The SMILES string of the molecule is CNC(=O)CN1CCC(CNC(C)(C)C)CC1. The molecule has 0 spiro atoms. The molecule has 0 bridgehead atoms. The number of likely N-dealkylation sites (tertiary alicyclic amines) is 1. The number of amides is 1. The Morgan fingerprint density at radius 2 is 1.88 bits per heavy atom. The summed E-state index contributed by atoms with van der Waals surface area (Å²) in [4.78, 5) is 13.5. The first kappa shape index (κ1) is 14.5. The van der Waals surface area contributed by atoms with Crippen molar-refractivity contribution in [1.29, 1.82) is 0 Å². The molecule has 0 unspecified atom stereocenters. The Morgan fingerprint density at radius 3 is 2.35 bits per heavy atom. The summed E-state index contributed by atoms with van der Waals surface area (Å²) in [6.45, 7) is 10.3. The number of rotatable bonds is 4. The van der Waals surface area contributed by atoms with Crippen LogP contribution in [0, 0.1) is 5.92 Å². The Hall–Kier alpha value is -0.610. The van der Waals surface area contributed by atoms with Gasteiger partial charge in [-0.25, -0.2) is 0 Å². The van der Waals surface area contributed by atoms with E-state index < -0.39 is 0 Å². The molecule has 0 saturated carbocycles. The normalized spacial score (nSPS) is 19.3. The summed E-state index contributed by atoms with van der Waals surface area (Å²) >= 11 is 0. The summed E-state index contributed by atoms with van der Waals surface area (Å²) in [5.41, 5.74) is 0.208. The van der Waals surface area contributed by atoms with E-state index in [0.29, 0.717) is 6.54 Å². The molecule has 1 fully saturated rings. The molecule has 0 radical (unpaired) electrons. The van der Waals surface area contributed by atoms with Gasteiger partial charge in [-0.15, -0.1) is 0 Å². The number of nitrogens with zero attached hydrogens (tertiary/aromatic N) is 1. The van der Waals surface area contributed by atoms with Crippen molar-refractivity contribution in [2.24, 2.45) is 5.92 Å². The molecule has 0 aromatic carbocycles. The minimum Gasteiger partial charge on any atom is -0.358 e. The number of nitrogens with one attached hydrogen (secondary N) is 2. The van der Waals surface area contributed by atoms with E-state index >= 15 is 0 Å². The van der Waals surface area contributed by atoms with Gasteiger partial charge < -0.3 is 10.6 Å². The van der Waals surface area contributed by atoms with E-state index in [1.807, 2.05) is 0 Å². The molecular weight excluding hydrogens is 214 g/mol. The van der Waals surface area contributed by atoms with E-state index in [-0.39, 0.29) is 11.4 Å². The highest BCUT2D eigenvalue weighted by Gasteiger charge is 2.21. The third-order valence-corrected chi connectivity index (χ3v) is 3.27. The van der Waals surface area contributed by atoms with E-state index in [2.05, 4.69) is 36.3 Å². The summed E-state index contributed by atoms with van der Waals surface area (Å²) in [5, 5.41) is 6.24. The molecule has 1 heterocycles. The maximum atomic E-state index is 11.3. The van der Waals surface area contributed by atoms with Gasteiger partial charge in [0.15, 0.2) is 0 Å². The van der Waals surface area contributed by atoms with Gasteiger partial charge in [-0.3, -0.25) is 9.69 Å². The predicted octanol–water partition coefficient (Wildman–Crippen LogP) is 0.833. The minimum absolute atomic E-state index is 0.122. The van der Waals surface area contributed by atoms with Gasteiger partial charge in [-0.2, -0.15) is 0 Å². The first-order valence-corrected chi connectivity index (χ1v) is 6.58. The molecule has 100 valence electrons. The highest BCUT2D eigenvalue weighted by molar-refractivity contribution is 5.77. The molecule has 17 heavy (non-hydrogen) atoms. The zero-order chi connectivity index (χ0) is 12.9. The molecule has 0 aliphatic carbocycles. The van der Waals surface area contributed by atoms with Crippen molar-refractivity contribution in [2.45, 2.75) is 39.2 Å². The van der Waals surface area contributed by atoms with Crippen LogP contribution in [0.4, 0.5) is 0 Å². The highest BCUT2D eigenvalue weighted by atomic mass is 16.1. The fraction of sp³-hybridized carbons (Fsp3) is 0.923. The predicted molar refractivity (Wildman–Crippen MR) is 71.0 cm³/mol. The first-order valence-electron chi connectivity index (χ1n) is 6.58. The second-order valence-corrected chi connectivity index (χ2v) is 6.02. The van der Waals surface area contributed by atoms with Crippen LogP contribution in [0.1, 0.15) is 33.6 Å². The van der Waals surface area contributed by atoms with Crippen LogP contribution in [0.3, 0.4) is 0 Å². The molecule has 4 heteroatoms. The van der Waals surface area contributed by atoms with Crippen molar-refractivity contribution in [3.05, 3.63) is 0 Å². The van der Waals surface area contributed by atoms with Crippen LogP contribution in [0.25, 0.3) is 0 Å². The molecule has 0 aromatic rings. The minimum atomic E-state index is 0.122. The Bertz CT molecular complexity index is 240. The van der Waals surface area contributed by atoms with Gasteiger partial charge in [-0.1, -0.05) is 0 Å². The third kappa shape index (κ3) is 6.03. The molecule has 1 aliphatic heterocycles. The fourth-order valence-corrected chi connectivity index (χ4v) is 2.08. The molecule has 4 nitrogen and oxygen atoms in total. The van der Waals surface area contributed by atoms with Crippen molar-refractivity contribution in [3.8, 4) is 0 Å². The average Bonchev–Trinajstić information content (AvgIpc) is 2.27. The Balaban J connectivity index is 2.19. The Kier molecular flexibility index (Phi) is 5.40. The zero-order valence-electron chi connectivity index (χ0n) is 11.7. The lowest BCUT2D eigenvalue weighted by Gasteiger charge is -2.33. The Labute approximate surface area is 105 Å². The van der Waals surface area contributed by atoms with Crippen molar-refractivity contribution < 1.29 is 4.79 Å². The van der Waals surface area contributed by atoms with Gasteiger partial charge in [0.05, 0.1) is 6.54 Å². The van der Waals surface area contributed by atoms with E-state index in [4.69, 9.17) is 0 Å². The number of likely N-dealkylation sites (N-methyl/N-ethyl adjacent to an activating group) is 1. The van der Waals surface area contributed by atoms with Gasteiger partial charge in [-0.05, 0) is 59.2 Å². The zero-order valence-corrected chi connectivity index (χ0v) is 11.7. The van der Waals surface area contributed by atoms with Crippen LogP contribution in [0.2, 0.25) is 0 Å². The van der Waals surface area contributed by atoms with Crippen LogP contribution in [-0.4, -0.2) is 49.6 Å². The molecule has 0 atom stereocenters. The molecule has 1 amide bonds.